The van der Waals surface area contributed by atoms with Gasteiger partial charge in [0, 0.05) is 0 Å². The topological polar surface area (TPSA) is 29.1 Å². The molecule has 0 aromatic heterocycles. The summed E-state index contributed by atoms with van der Waals surface area (Å²) in [6, 6.07) is 0. The molecule has 2 nitrogen and oxygen atoms in total. The number of nitrogens with one attached hydrogen (secondary N) is 1. The van der Waals surface area contributed by atoms with Gasteiger partial charge in [-0.25, -0.2) is 0 Å². The Kier molecular flexibility index (Phi) is 2.63. The third-order valence-electron chi connectivity index (χ3n) is 4.87. The zero-order valence-electron chi connectivity index (χ0n) is 10.2. The zero-order chi connectivity index (χ0) is 12.2. The van der Waals surface area contributed by atoms with Gasteiger partial charge in [0.05, 0.1) is 4.91 Å². The van der Waals surface area contributed by atoms with Gasteiger partial charge in [-0.3, -0.25) is 4.79 Å². The zero-order valence-corrected chi connectivity index (χ0v) is 11.8. The average molecular weight is 267 g/mol. The number of thiocarbonyl (C=S) groups is 1. The first-order chi connectivity index (χ1) is 7.98. The highest BCUT2D eigenvalue weighted by molar-refractivity contribution is 8.26. The van der Waals surface area contributed by atoms with Gasteiger partial charge < -0.3 is 5.32 Å². The minimum Gasteiger partial charge on any atom is -0.307 e. The van der Waals surface area contributed by atoms with Crippen molar-refractivity contribution in [1.29, 1.82) is 0 Å². The number of hydrogen-bond donors (Lipinski definition) is 1. The summed E-state index contributed by atoms with van der Waals surface area (Å²) in [5.74, 6) is 2.18. The molecular formula is C13H17NOS2. The maximum Gasteiger partial charge on any atom is 0.263 e. The molecule has 0 radical (unpaired) electrons. The molecule has 3 aliphatic rings. The van der Waals surface area contributed by atoms with Crippen LogP contribution >= 0.6 is 24.0 Å². The van der Waals surface area contributed by atoms with Gasteiger partial charge in [0.25, 0.3) is 5.91 Å². The lowest BCUT2D eigenvalue weighted by atomic mass is 9.68. The summed E-state index contributed by atoms with van der Waals surface area (Å²) < 4.78 is 0.599. The van der Waals surface area contributed by atoms with Gasteiger partial charge in [-0.15, -0.1) is 0 Å². The molecule has 3 atom stereocenters. The molecule has 3 rings (SSSR count). The van der Waals surface area contributed by atoms with E-state index in [1.54, 1.807) is 0 Å². The minimum atomic E-state index is -0.00132. The Morgan fingerprint density at radius 3 is 2.76 bits per heavy atom. The highest BCUT2D eigenvalue weighted by Gasteiger charge is 2.52. The lowest BCUT2D eigenvalue weighted by Gasteiger charge is -2.36. The molecule has 4 heteroatoms. The van der Waals surface area contributed by atoms with Gasteiger partial charge in [-0.2, -0.15) is 0 Å². The van der Waals surface area contributed by atoms with E-state index in [2.05, 4.69) is 25.2 Å². The second-order valence-corrected chi connectivity index (χ2v) is 7.71. The Labute approximate surface area is 112 Å². The quantitative estimate of drug-likeness (QED) is 0.585. The first kappa shape index (κ1) is 11.7. The monoisotopic (exact) mass is 267 g/mol. The van der Waals surface area contributed by atoms with Gasteiger partial charge in [0.2, 0.25) is 0 Å². The molecule has 3 fully saturated rings. The van der Waals surface area contributed by atoms with Crippen LogP contribution < -0.4 is 5.32 Å². The molecule has 1 aliphatic heterocycles. The lowest BCUT2D eigenvalue weighted by Crippen LogP contribution is -2.29. The Morgan fingerprint density at radius 1 is 1.47 bits per heavy atom. The van der Waals surface area contributed by atoms with E-state index in [-0.39, 0.29) is 5.91 Å². The van der Waals surface area contributed by atoms with Crippen LogP contribution in [0.4, 0.5) is 0 Å². The average Bonchev–Trinajstić information content (AvgIpc) is 2.86. The molecule has 1 N–H and O–H groups in total. The fraction of sp³-hybridized carbons (Fsp3) is 0.692. The Balaban J connectivity index is 1.88. The molecule has 2 aliphatic carbocycles. The van der Waals surface area contributed by atoms with Crippen LogP contribution in [0.15, 0.2) is 11.0 Å². The Morgan fingerprint density at radius 2 is 2.24 bits per heavy atom. The van der Waals surface area contributed by atoms with Crippen molar-refractivity contribution in [3.63, 3.8) is 0 Å². The van der Waals surface area contributed by atoms with E-state index in [0.29, 0.717) is 15.7 Å². The minimum absolute atomic E-state index is 0.00132. The Hall–Kier alpha value is -0.350. The van der Waals surface area contributed by atoms with Crippen molar-refractivity contribution in [2.45, 2.75) is 33.1 Å². The van der Waals surface area contributed by atoms with Crippen molar-refractivity contribution >= 4 is 34.2 Å². The van der Waals surface area contributed by atoms with Gasteiger partial charge in [-0.05, 0) is 42.4 Å². The van der Waals surface area contributed by atoms with Crippen LogP contribution in [0.25, 0.3) is 0 Å². The number of rotatable bonds is 1. The fourth-order valence-corrected chi connectivity index (χ4v) is 4.91. The van der Waals surface area contributed by atoms with Crippen LogP contribution in [0.2, 0.25) is 0 Å². The van der Waals surface area contributed by atoms with E-state index in [0.717, 1.165) is 16.7 Å². The number of carbonyl (C=O) groups is 1. The molecule has 0 aromatic rings. The Bertz CT molecular complexity index is 427. The van der Waals surface area contributed by atoms with Crippen molar-refractivity contribution in [3.8, 4) is 0 Å². The lowest BCUT2D eigenvalue weighted by molar-refractivity contribution is -0.115. The van der Waals surface area contributed by atoms with Gasteiger partial charge in [0.15, 0.2) is 0 Å². The maximum atomic E-state index is 11.7. The summed E-state index contributed by atoms with van der Waals surface area (Å²) in [6.45, 7) is 4.71. The number of allylic oxidation sites excluding steroid dienone is 1. The van der Waals surface area contributed by atoms with Gasteiger partial charge in [-0.1, -0.05) is 43.9 Å². The fourth-order valence-electron chi connectivity index (χ4n) is 3.85. The van der Waals surface area contributed by atoms with Crippen LogP contribution in [0.3, 0.4) is 0 Å². The summed E-state index contributed by atoms with van der Waals surface area (Å²) in [5.41, 5.74) is 0.348. The van der Waals surface area contributed by atoms with Gasteiger partial charge >= 0.3 is 0 Å². The SMILES string of the molecule is CC1(C)[C@@H]2CC[C@@H](C2)[C@@H]1/C=C1\SC(=S)NC1=O. The number of fused-ring (bicyclic) bond motifs is 2. The maximum absolute atomic E-state index is 11.7. The third kappa shape index (κ3) is 1.76. The van der Waals surface area contributed by atoms with E-state index >= 15 is 0 Å². The van der Waals surface area contributed by atoms with Crippen LogP contribution in [0, 0.1) is 23.2 Å². The number of thioether (sulfide) groups is 1. The third-order valence-corrected chi connectivity index (χ3v) is 6.05. The smallest absolute Gasteiger partial charge is 0.263 e. The normalized spacial score (nSPS) is 41.3. The summed E-state index contributed by atoms with van der Waals surface area (Å²) in [6.07, 6.45) is 6.25. The van der Waals surface area contributed by atoms with Crippen molar-refractivity contribution < 1.29 is 4.79 Å². The van der Waals surface area contributed by atoms with E-state index in [1.807, 2.05) is 0 Å². The van der Waals surface area contributed by atoms with Gasteiger partial charge in [0.1, 0.15) is 4.32 Å². The molecule has 92 valence electrons. The van der Waals surface area contributed by atoms with Crippen LogP contribution in [-0.4, -0.2) is 10.2 Å². The molecule has 0 unspecified atom stereocenters. The number of carbonyl (C=O) groups excluding carboxylic acids is 1. The highest BCUT2D eigenvalue weighted by atomic mass is 32.2. The van der Waals surface area contributed by atoms with Crippen LogP contribution in [0.1, 0.15) is 33.1 Å². The van der Waals surface area contributed by atoms with Crippen molar-refractivity contribution in [1.82, 2.24) is 5.32 Å². The first-order valence-electron chi connectivity index (χ1n) is 6.23. The van der Waals surface area contributed by atoms with E-state index in [9.17, 15) is 4.79 Å². The van der Waals surface area contributed by atoms with Crippen molar-refractivity contribution in [2.24, 2.45) is 23.2 Å². The second kappa shape index (κ2) is 3.82. The molecule has 0 aromatic carbocycles. The number of hydrogen-bond acceptors (Lipinski definition) is 3. The van der Waals surface area contributed by atoms with E-state index in [1.165, 1.54) is 31.0 Å². The standard InChI is InChI=1S/C13H17NOS2/c1-13(2)8-4-3-7(5-8)9(13)6-10-11(15)14-12(16)17-10/h6-9H,3-5H2,1-2H3,(H,14,15,16)/b10-6-/t7-,8+,9-/m0/s1. The van der Waals surface area contributed by atoms with Crippen LogP contribution in [-0.2, 0) is 4.79 Å². The summed E-state index contributed by atoms with van der Waals surface area (Å²) >= 11 is 6.45. The molecule has 0 spiro atoms. The summed E-state index contributed by atoms with van der Waals surface area (Å²) in [5, 5.41) is 2.70. The molecule has 2 saturated carbocycles. The van der Waals surface area contributed by atoms with Crippen molar-refractivity contribution in [2.75, 3.05) is 0 Å². The van der Waals surface area contributed by atoms with Crippen molar-refractivity contribution in [3.05, 3.63) is 11.0 Å². The van der Waals surface area contributed by atoms with Crippen LogP contribution in [0.5, 0.6) is 0 Å². The largest absolute Gasteiger partial charge is 0.307 e. The predicted octanol–water partition coefficient (Wildman–Crippen LogP) is 3.09. The van der Waals surface area contributed by atoms with E-state index in [4.69, 9.17) is 12.2 Å². The molecular weight excluding hydrogens is 250 g/mol. The second-order valence-electron chi connectivity index (χ2n) is 5.99. The molecule has 1 heterocycles. The predicted molar refractivity (Wildman–Crippen MR) is 74.5 cm³/mol. The number of amides is 1. The molecule has 2 bridgehead atoms. The molecule has 1 saturated heterocycles. The first-order valence-corrected chi connectivity index (χ1v) is 7.46. The molecule has 17 heavy (non-hydrogen) atoms. The van der Waals surface area contributed by atoms with E-state index < -0.39 is 0 Å². The molecule has 1 amide bonds. The summed E-state index contributed by atoms with van der Waals surface area (Å²) in [7, 11) is 0. The summed E-state index contributed by atoms with van der Waals surface area (Å²) in [4.78, 5) is 12.5. The highest BCUT2D eigenvalue weighted by Crippen LogP contribution is 2.60.